The molecule has 582 valence electrons. The molecule has 31 heteroatoms. The second-order valence-electron chi connectivity index (χ2n) is 23.1. The molecule has 8 rings (SSSR count). The average molecular weight is 1640 g/mol. The second-order valence-corrected chi connectivity index (χ2v) is 35.3. The topological polar surface area (TPSA) is 296 Å². The Morgan fingerprint density at radius 3 is 0.810 bits per heavy atom. The van der Waals surface area contributed by atoms with Crippen LogP contribution in [-0.4, -0.2) is 188 Å². The monoisotopic (exact) mass is 1640 g/mol. The molecule has 6 aromatic carbocycles. The van der Waals surface area contributed by atoms with E-state index < -0.39 is 64.8 Å². The molecule has 0 spiro atoms. The number of rotatable bonds is 49. The van der Waals surface area contributed by atoms with Gasteiger partial charge >= 0.3 is 65.9 Å². The van der Waals surface area contributed by atoms with Gasteiger partial charge in [-0.1, -0.05) is 72.8 Å². The molecule has 0 bridgehead atoms. The summed E-state index contributed by atoms with van der Waals surface area (Å²) in [5.41, 5.74) is 6.22. The Morgan fingerprint density at radius 2 is 0.610 bits per heavy atom. The summed E-state index contributed by atoms with van der Waals surface area (Å²) >= 11 is -0.931. The molecule has 105 heavy (non-hydrogen) atoms. The van der Waals surface area contributed by atoms with Crippen LogP contribution < -0.4 is 28.4 Å². The Morgan fingerprint density at radius 1 is 0.390 bits per heavy atom. The van der Waals surface area contributed by atoms with Crippen LogP contribution in [0.25, 0.3) is 0 Å². The Bertz CT molecular complexity index is 3100. The van der Waals surface area contributed by atoms with E-state index in [0.29, 0.717) is 63.3 Å². The standard InChI is InChI=1S/C40H61O15P3.C28H30O6.C6H15O3P.2ClH.Zn/c1-7-50-56(44,51-8-2)28-34(41)25-47-37-19-13-31(14-20-37)40(32-15-21-38(22-16-32)48-26-35(42)29-57(45,52-9-3)53-10-4)33-17-23-39(24-18-33)49-27-36(43)30-58(46,54-11-5)55-12-6;29-14-1-15-30-23-8-2-20(3-9-23)28(21-4-10-24(11-5-21)31-16-26-18-33-26)22-6-12-25(13-7-22)32-17-27-19-34-27;1-4-7-10(8-5-2)9-6-3;;;/h13-24,34-36,40-43H,7-12,25-30H2,1-6H3;2-13,26-29H,1,14-19H2;4-6H2,1-3H3;2*1H;/q;;;;;+2/p-2. The fourth-order valence-corrected chi connectivity index (χ4v) is 16.1. The molecule has 6 aromatic rings. The predicted octanol–water partition coefficient (Wildman–Crippen LogP) is 15.8. The van der Waals surface area contributed by atoms with E-state index in [2.05, 4.69) is 36.4 Å². The number of hydrogen-bond donors (Lipinski definition) is 4. The van der Waals surface area contributed by atoms with Gasteiger partial charge in [0, 0.05) is 24.9 Å². The zero-order valence-electron chi connectivity index (χ0n) is 61.7. The van der Waals surface area contributed by atoms with Crippen molar-refractivity contribution in [3.8, 4) is 34.5 Å². The van der Waals surface area contributed by atoms with Crippen LogP contribution in [0, 0.1) is 0 Å². The molecule has 0 aromatic heterocycles. The van der Waals surface area contributed by atoms with Crippen molar-refractivity contribution >= 4 is 50.8 Å². The van der Waals surface area contributed by atoms with E-state index in [1.807, 2.05) is 93.6 Å². The minimum absolute atomic E-state index is 0.0492. The molecule has 0 amide bonds. The van der Waals surface area contributed by atoms with E-state index in [1.165, 1.54) is 11.1 Å². The third kappa shape index (κ3) is 35.6. The number of hydrogen-bond acceptors (Lipinski definition) is 24. The quantitative estimate of drug-likeness (QED) is 0.00907. The molecule has 2 heterocycles. The van der Waals surface area contributed by atoms with Gasteiger partial charge in [0.1, 0.15) is 79.7 Å². The van der Waals surface area contributed by atoms with Crippen molar-refractivity contribution in [1.82, 2.24) is 0 Å². The summed E-state index contributed by atoms with van der Waals surface area (Å²) in [5, 5.41) is 40.6. The van der Waals surface area contributed by atoms with E-state index in [4.69, 9.17) is 103 Å². The van der Waals surface area contributed by atoms with Gasteiger partial charge in [-0.15, -0.1) is 0 Å². The van der Waals surface area contributed by atoms with Crippen LogP contribution >= 0.6 is 50.8 Å². The van der Waals surface area contributed by atoms with Gasteiger partial charge in [0.2, 0.25) is 0 Å². The molecule has 2 saturated heterocycles. The molecule has 2 fully saturated rings. The molecule has 24 nitrogen and oxygen atoms in total. The maximum absolute atomic E-state index is 12.8. The molecule has 0 saturated carbocycles. The molecule has 2 aliphatic heterocycles. The Balaban J connectivity index is 0.000000350. The molecule has 0 aliphatic carbocycles. The van der Waals surface area contributed by atoms with Gasteiger partial charge in [0.05, 0.1) is 116 Å². The molecule has 5 atom stereocenters. The zero-order valence-corrected chi connectivity index (χ0v) is 69.7. The Kier molecular flexibility index (Phi) is 44.7. The van der Waals surface area contributed by atoms with Crippen LogP contribution in [0.1, 0.15) is 114 Å². The van der Waals surface area contributed by atoms with Crippen molar-refractivity contribution in [2.24, 2.45) is 0 Å². The Labute approximate surface area is 636 Å². The van der Waals surface area contributed by atoms with Gasteiger partial charge < -0.3 is 99.0 Å². The summed E-state index contributed by atoms with van der Waals surface area (Å²) in [6, 6.07) is 46.8. The third-order valence-electron chi connectivity index (χ3n) is 14.8. The van der Waals surface area contributed by atoms with E-state index in [1.54, 1.807) is 77.9 Å². The first kappa shape index (κ1) is 91.5. The number of aliphatic hydroxyl groups excluding tert-OH is 4. The fourth-order valence-electron chi connectivity index (χ4n) is 10.2. The third-order valence-corrected chi connectivity index (χ3v) is 22.7. The molecular weight excluding hydrogens is 1530 g/mol. The summed E-state index contributed by atoms with van der Waals surface area (Å²) in [5.74, 6) is 3.73. The van der Waals surface area contributed by atoms with Gasteiger partial charge in [0.25, 0.3) is 0 Å². The normalized spacial score (nSPS) is 15.4. The minimum atomic E-state index is -3.46. The first-order chi connectivity index (χ1) is 50.8. The number of halogens is 2. The molecule has 0 radical (unpaired) electrons. The summed E-state index contributed by atoms with van der Waals surface area (Å²) < 4.78 is 131. The fraction of sp³-hybridized carbons (Fsp3) is 0.514. The molecule has 2 aliphatic rings. The van der Waals surface area contributed by atoms with E-state index in [9.17, 15) is 29.0 Å². The number of aliphatic hydroxyl groups is 4. The Hall–Kier alpha value is -4.16. The van der Waals surface area contributed by atoms with E-state index in [0.717, 1.165) is 52.7 Å². The first-order valence-corrected chi connectivity index (χ1v) is 49.6. The molecular formula is C74H106Cl2O24P4Zn. The maximum atomic E-state index is 12.8. The predicted molar refractivity (Wildman–Crippen MR) is 403 cm³/mol. The summed E-state index contributed by atoms with van der Waals surface area (Å²) in [6.45, 7) is 22.1. The van der Waals surface area contributed by atoms with Crippen molar-refractivity contribution < 1.29 is 128 Å². The average Bonchev–Trinajstić information content (AvgIpc) is 1.75. The number of benzene rings is 6. The van der Waals surface area contributed by atoms with Crippen LogP contribution in [0.15, 0.2) is 146 Å². The van der Waals surface area contributed by atoms with Crippen molar-refractivity contribution in [2.75, 3.05) is 137 Å². The van der Waals surface area contributed by atoms with Crippen LogP contribution in [0.2, 0.25) is 0 Å². The van der Waals surface area contributed by atoms with Crippen LogP contribution in [0.5, 0.6) is 34.5 Å². The van der Waals surface area contributed by atoms with Crippen LogP contribution in [0.4, 0.5) is 0 Å². The number of epoxide rings is 2. The van der Waals surface area contributed by atoms with E-state index in [-0.39, 0.29) is 109 Å². The van der Waals surface area contributed by atoms with Gasteiger partial charge in [-0.05, 0) is 168 Å². The van der Waals surface area contributed by atoms with Gasteiger partial charge in [-0.3, -0.25) is 13.7 Å². The van der Waals surface area contributed by atoms with Gasteiger partial charge in [-0.2, -0.15) is 0 Å². The second kappa shape index (κ2) is 51.3. The summed E-state index contributed by atoms with van der Waals surface area (Å²) in [6.07, 6.45) is -2.77. The zero-order chi connectivity index (χ0) is 76.3. The molecule has 4 N–H and O–H groups in total. The van der Waals surface area contributed by atoms with Crippen molar-refractivity contribution in [3.63, 3.8) is 0 Å². The van der Waals surface area contributed by atoms with E-state index >= 15 is 0 Å². The van der Waals surface area contributed by atoms with Crippen LogP contribution in [0.3, 0.4) is 0 Å². The summed E-state index contributed by atoms with van der Waals surface area (Å²) in [7, 11) is -1.53. The van der Waals surface area contributed by atoms with Gasteiger partial charge in [-0.25, -0.2) is 0 Å². The van der Waals surface area contributed by atoms with Crippen molar-refractivity contribution in [1.29, 1.82) is 0 Å². The van der Waals surface area contributed by atoms with Crippen LogP contribution in [-0.2, 0) is 79.0 Å². The van der Waals surface area contributed by atoms with Crippen molar-refractivity contribution in [3.05, 3.63) is 179 Å². The SMILES string of the molecule is CCOP(=O)(CC(O)COc1ccc(C(c2ccc(OCC(O)CP(=O)(OCC)OCC)cc2)c2ccc(OCC(O)CP(=O)(OCC)OCC)cc2)cc1)OCC.CCOP(OCC)OCC.OCCCOc1ccc(C(c2ccc(OCC3CO3)cc2)c2ccc(OCC3CO3)cc2)cc1.[Cl][Zn][Cl]. The van der Waals surface area contributed by atoms with Gasteiger partial charge in [0.15, 0.2) is 0 Å². The number of ether oxygens (including phenoxy) is 8. The summed E-state index contributed by atoms with van der Waals surface area (Å²) in [4.78, 5) is 0. The first-order valence-electron chi connectivity index (χ1n) is 35.5. The van der Waals surface area contributed by atoms with Crippen molar-refractivity contribution in [2.45, 2.75) is 111 Å². The molecule has 5 unspecified atom stereocenters.